The molecule has 1 aliphatic rings. The molecule has 1 rings (SSSR count). The van der Waals surface area contributed by atoms with Crippen molar-refractivity contribution < 1.29 is 8.42 Å². The molecule has 0 aromatic carbocycles. The van der Waals surface area contributed by atoms with E-state index < -0.39 is 10.0 Å². The van der Waals surface area contributed by atoms with Gasteiger partial charge in [0.15, 0.2) is 0 Å². The van der Waals surface area contributed by atoms with Crippen molar-refractivity contribution in [2.75, 3.05) is 25.4 Å². The molecule has 1 aliphatic heterocycles. The van der Waals surface area contributed by atoms with Crippen LogP contribution in [0.2, 0.25) is 0 Å². The topological polar surface area (TPSA) is 49.4 Å². The molecule has 0 aromatic heterocycles. The molecule has 0 spiro atoms. The molecule has 0 aliphatic carbocycles. The van der Waals surface area contributed by atoms with E-state index >= 15 is 0 Å². The van der Waals surface area contributed by atoms with Crippen LogP contribution in [-0.4, -0.2) is 44.2 Å². The van der Waals surface area contributed by atoms with Gasteiger partial charge in [-0.3, -0.25) is 0 Å². The van der Waals surface area contributed by atoms with Crippen LogP contribution in [0.5, 0.6) is 0 Å². The van der Waals surface area contributed by atoms with Crippen molar-refractivity contribution >= 4 is 10.0 Å². The summed E-state index contributed by atoms with van der Waals surface area (Å²) in [6.07, 6.45) is 0.693. The zero-order valence-corrected chi connectivity index (χ0v) is 9.10. The van der Waals surface area contributed by atoms with Crippen LogP contribution >= 0.6 is 0 Å². The average Bonchev–Trinajstić information content (AvgIpc) is 2.04. The Kier molecular flexibility index (Phi) is 3.70. The first-order chi connectivity index (χ1) is 6.08. The van der Waals surface area contributed by atoms with Gasteiger partial charge in [-0.05, 0) is 13.3 Å². The minimum atomic E-state index is -2.99. The molecule has 0 bridgehead atoms. The van der Waals surface area contributed by atoms with Crippen LogP contribution in [0, 0.1) is 0 Å². The van der Waals surface area contributed by atoms with Gasteiger partial charge in [-0.2, -0.15) is 4.31 Å². The maximum atomic E-state index is 11.7. The zero-order valence-electron chi connectivity index (χ0n) is 8.28. The van der Waals surface area contributed by atoms with E-state index in [9.17, 15) is 8.42 Å². The van der Waals surface area contributed by atoms with Gasteiger partial charge in [0.25, 0.3) is 0 Å². The Balaban J connectivity index is 2.68. The average molecular weight is 206 g/mol. The van der Waals surface area contributed by atoms with E-state index in [0.717, 1.165) is 13.1 Å². The van der Waals surface area contributed by atoms with E-state index in [1.165, 1.54) is 0 Å². The number of sulfonamides is 1. The third-order valence-electron chi connectivity index (χ3n) is 2.26. The molecule has 4 nitrogen and oxygen atoms in total. The summed E-state index contributed by atoms with van der Waals surface area (Å²) in [6, 6.07) is 0.102. The number of nitrogens with zero attached hydrogens (tertiary/aromatic N) is 1. The standard InChI is InChI=1S/C8H18N2O2S/c1-3-6-13(11,12)10-5-4-9-7-8(10)2/h8-9H,3-7H2,1-2H3. The SMILES string of the molecule is CCCS(=O)(=O)N1CCNCC1C. The highest BCUT2D eigenvalue weighted by atomic mass is 32.2. The van der Waals surface area contributed by atoms with Crippen molar-refractivity contribution in [2.24, 2.45) is 0 Å². The predicted octanol–water partition coefficient (Wildman–Crippen LogP) is 0.0199. The van der Waals surface area contributed by atoms with Gasteiger partial charge in [0.05, 0.1) is 5.75 Å². The molecular weight excluding hydrogens is 188 g/mol. The molecule has 78 valence electrons. The van der Waals surface area contributed by atoms with Crippen LogP contribution in [0.1, 0.15) is 20.3 Å². The fourth-order valence-corrected chi connectivity index (χ4v) is 3.35. The number of piperazine rings is 1. The third-order valence-corrected chi connectivity index (χ3v) is 4.44. The van der Waals surface area contributed by atoms with Crippen molar-refractivity contribution in [1.29, 1.82) is 0 Å². The lowest BCUT2D eigenvalue weighted by Crippen LogP contribution is -2.52. The van der Waals surface area contributed by atoms with E-state index in [-0.39, 0.29) is 11.8 Å². The summed E-state index contributed by atoms with van der Waals surface area (Å²) in [4.78, 5) is 0. The monoisotopic (exact) mass is 206 g/mol. The summed E-state index contributed by atoms with van der Waals surface area (Å²) in [5.74, 6) is 0.275. The van der Waals surface area contributed by atoms with Crippen LogP contribution in [-0.2, 0) is 10.0 Å². The Morgan fingerprint density at radius 1 is 1.54 bits per heavy atom. The summed E-state index contributed by atoms with van der Waals surface area (Å²) in [7, 11) is -2.99. The second-order valence-electron chi connectivity index (χ2n) is 3.48. The highest BCUT2D eigenvalue weighted by molar-refractivity contribution is 7.89. The summed E-state index contributed by atoms with van der Waals surface area (Å²) in [6.45, 7) is 5.99. The molecule has 1 N–H and O–H groups in total. The highest BCUT2D eigenvalue weighted by Crippen LogP contribution is 2.10. The second-order valence-corrected chi connectivity index (χ2v) is 5.52. The maximum Gasteiger partial charge on any atom is 0.214 e. The van der Waals surface area contributed by atoms with E-state index in [1.807, 2.05) is 13.8 Å². The first kappa shape index (κ1) is 10.9. The van der Waals surface area contributed by atoms with E-state index in [2.05, 4.69) is 5.32 Å². The maximum absolute atomic E-state index is 11.7. The van der Waals surface area contributed by atoms with Gasteiger partial charge in [-0.1, -0.05) is 6.92 Å². The predicted molar refractivity (Wildman–Crippen MR) is 53.1 cm³/mol. The second kappa shape index (κ2) is 4.39. The van der Waals surface area contributed by atoms with Gasteiger partial charge >= 0.3 is 0 Å². The third kappa shape index (κ3) is 2.65. The van der Waals surface area contributed by atoms with Crippen LogP contribution in [0.3, 0.4) is 0 Å². The lowest BCUT2D eigenvalue weighted by Gasteiger charge is -2.32. The summed E-state index contributed by atoms with van der Waals surface area (Å²) in [5.41, 5.74) is 0. The van der Waals surface area contributed by atoms with Crippen molar-refractivity contribution in [2.45, 2.75) is 26.3 Å². The fraction of sp³-hybridized carbons (Fsp3) is 1.00. The molecular formula is C8H18N2O2S. The molecule has 1 fully saturated rings. The first-order valence-corrected chi connectivity index (χ1v) is 6.39. The Hall–Kier alpha value is -0.130. The van der Waals surface area contributed by atoms with Gasteiger partial charge in [-0.15, -0.1) is 0 Å². The van der Waals surface area contributed by atoms with E-state index in [4.69, 9.17) is 0 Å². The number of rotatable bonds is 3. The van der Waals surface area contributed by atoms with Gasteiger partial charge in [0.2, 0.25) is 10.0 Å². The van der Waals surface area contributed by atoms with Crippen LogP contribution in [0.4, 0.5) is 0 Å². The van der Waals surface area contributed by atoms with Gasteiger partial charge < -0.3 is 5.32 Å². The number of hydrogen-bond donors (Lipinski definition) is 1. The minimum absolute atomic E-state index is 0.102. The Morgan fingerprint density at radius 2 is 2.23 bits per heavy atom. The molecule has 0 amide bonds. The van der Waals surface area contributed by atoms with E-state index in [1.54, 1.807) is 4.31 Å². The summed E-state index contributed by atoms with van der Waals surface area (Å²) in [5, 5.41) is 3.17. The minimum Gasteiger partial charge on any atom is -0.314 e. The Morgan fingerprint density at radius 3 is 2.77 bits per heavy atom. The largest absolute Gasteiger partial charge is 0.314 e. The van der Waals surface area contributed by atoms with Gasteiger partial charge in [-0.25, -0.2) is 8.42 Å². The molecule has 0 saturated carbocycles. The smallest absolute Gasteiger partial charge is 0.214 e. The molecule has 5 heteroatoms. The number of hydrogen-bond acceptors (Lipinski definition) is 3. The summed E-state index contributed by atoms with van der Waals surface area (Å²) >= 11 is 0. The molecule has 1 atom stereocenters. The lowest BCUT2D eigenvalue weighted by atomic mass is 10.3. The molecule has 1 heterocycles. The van der Waals surface area contributed by atoms with E-state index in [0.29, 0.717) is 13.0 Å². The Bertz CT molecular complexity index is 251. The van der Waals surface area contributed by atoms with Gasteiger partial charge in [0.1, 0.15) is 0 Å². The van der Waals surface area contributed by atoms with Crippen molar-refractivity contribution in [3.8, 4) is 0 Å². The zero-order chi connectivity index (χ0) is 9.90. The molecule has 0 radical (unpaired) electrons. The van der Waals surface area contributed by atoms with Gasteiger partial charge in [0, 0.05) is 25.7 Å². The van der Waals surface area contributed by atoms with Crippen LogP contribution < -0.4 is 5.32 Å². The van der Waals surface area contributed by atoms with Crippen molar-refractivity contribution in [3.05, 3.63) is 0 Å². The molecule has 0 aromatic rings. The van der Waals surface area contributed by atoms with Crippen LogP contribution in [0.25, 0.3) is 0 Å². The van der Waals surface area contributed by atoms with Crippen molar-refractivity contribution in [3.63, 3.8) is 0 Å². The van der Waals surface area contributed by atoms with Crippen molar-refractivity contribution in [1.82, 2.24) is 9.62 Å². The Labute approximate surface area is 80.4 Å². The number of nitrogens with one attached hydrogen (secondary N) is 1. The normalized spacial score (nSPS) is 26.2. The molecule has 1 unspecified atom stereocenters. The first-order valence-electron chi connectivity index (χ1n) is 4.78. The highest BCUT2D eigenvalue weighted by Gasteiger charge is 2.28. The lowest BCUT2D eigenvalue weighted by molar-refractivity contribution is 0.284. The van der Waals surface area contributed by atoms with Crippen LogP contribution in [0.15, 0.2) is 0 Å². The quantitative estimate of drug-likeness (QED) is 0.708. The summed E-state index contributed by atoms with van der Waals surface area (Å²) < 4.78 is 25.0. The fourth-order valence-electron chi connectivity index (χ4n) is 1.61. The molecule has 1 saturated heterocycles. The molecule has 13 heavy (non-hydrogen) atoms.